The van der Waals surface area contributed by atoms with E-state index in [1.54, 1.807) is 24.3 Å². The molecule has 2 aromatic rings. The van der Waals surface area contributed by atoms with Crippen LogP contribution in [0, 0.1) is 13.8 Å². The van der Waals surface area contributed by atoms with E-state index in [0.717, 1.165) is 17.5 Å². The second-order valence-corrected chi connectivity index (χ2v) is 6.22. The van der Waals surface area contributed by atoms with Crippen molar-refractivity contribution in [3.05, 3.63) is 70.8 Å². The summed E-state index contributed by atoms with van der Waals surface area (Å²) in [7, 11) is 0. The maximum Gasteiger partial charge on any atom is 0.339 e. The summed E-state index contributed by atoms with van der Waals surface area (Å²) in [6.45, 7) is 3.93. The van der Waals surface area contributed by atoms with Crippen LogP contribution in [0.2, 0.25) is 0 Å². The Balaban J connectivity index is 1.74. The monoisotopic (exact) mass is 336 g/mol. The molecule has 0 N–H and O–H groups in total. The number of benzene rings is 2. The van der Waals surface area contributed by atoms with E-state index in [1.807, 2.05) is 38.1 Å². The molecule has 0 saturated heterocycles. The largest absolute Gasteiger partial charge is 0.423 e. The van der Waals surface area contributed by atoms with Gasteiger partial charge in [-0.25, -0.2) is 9.59 Å². The Morgan fingerprint density at radius 2 is 1.04 bits per heavy atom. The normalized spacial score (nSPS) is 13.7. The van der Waals surface area contributed by atoms with Gasteiger partial charge >= 0.3 is 11.9 Å². The van der Waals surface area contributed by atoms with Crippen molar-refractivity contribution in [2.75, 3.05) is 0 Å². The third kappa shape index (κ3) is 4.15. The number of carbonyl (C=O) groups excluding carboxylic acids is 2. The minimum absolute atomic E-state index is 0.415. The quantitative estimate of drug-likeness (QED) is 0.617. The SMILES string of the molecule is Cc1ccc(OC(=O)C2=C(C(=O)Oc3ccc(C)cc3)CCC2)cc1. The molecule has 0 aliphatic heterocycles. The van der Waals surface area contributed by atoms with Crippen molar-refractivity contribution in [2.24, 2.45) is 0 Å². The first-order valence-electron chi connectivity index (χ1n) is 8.32. The van der Waals surface area contributed by atoms with Gasteiger partial charge in [-0.2, -0.15) is 0 Å². The van der Waals surface area contributed by atoms with Gasteiger partial charge in [0.1, 0.15) is 11.5 Å². The Kier molecular flexibility index (Phi) is 4.98. The molecule has 3 rings (SSSR count). The molecular formula is C21H20O4. The highest BCUT2D eigenvalue weighted by atomic mass is 16.5. The first kappa shape index (κ1) is 17.0. The Morgan fingerprint density at radius 1 is 0.680 bits per heavy atom. The zero-order valence-corrected chi connectivity index (χ0v) is 14.4. The average molecular weight is 336 g/mol. The van der Waals surface area contributed by atoms with E-state index < -0.39 is 11.9 Å². The lowest BCUT2D eigenvalue weighted by atomic mass is 10.1. The molecule has 128 valence electrons. The topological polar surface area (TPSA) is 52.6 Å². The van der Waals surface area contributed by atoms with Gasteiger partial charge in [-0.3, -0.25) is 0 Å². The molecule has 2 aromatic carbocycles. The van der Waals surface area contributed by atoms with Crippen LogP contribution in [0.5, 0.6) is 11.5 Å². The highest BCUT2D eigenvalue weighted by Crippen LogP contribution is 2.29. The van der Waals surface area contributed by atoms with Crippen LogP contribution in [0.4, 0.5) is 0 Å². The van der Waals surface area contributed by atoms with Gasteiger partial charge in [0.15, 0.2) is 0 Å². The minimum Gasteiger partial charge on any atom is -0.423 e. The van der Waals surface area contributed by atoms with Crippen molar-refractivity contribution in [2.45, 2.75) is 33.1 Å². The van der Waals surface area contributed by atoms with Crippen LogP contribution < -0.4 is 9.47 Å². The van der Waals surface area contributed by atoms with Crippen LogP contribution in [0.3, 0.4) is 0 Å². The number of rotatable bonds is 4. The van der Waals surface area contributed by atoms with Gasteiger partial charge in [0.05, 0.1) is 0 Å². The van der Waals surface area contributed by atoms with Crippen LogP contribution >= 0.6 is 0 Å². The lowest BCUT2D eigenvalue weighted by molar-refractivity contribution is -0.133. The van der Waals surface area contributed by atoms with E-state index >= 15 is 0 Å². The first-order valence-corrected chi connectivity index (χ1v) is 8.32. The third-order valence-electron chi connectivity index (χ3n) is 4.17. The summed E-state index contributed by atoms with van der Waals surface area (Å²) in [6, 6.07) is 14.5. The standard InChI is InChI=1S/C21H20O4/c1-14-6-10-16(11-7-14)24-20(22)18-4-3-5-19(18)21(23)25-17-12-8-15(2)9-13-17/h6-13H,3-5H2,1-2H3. The molecular weight excluding hydrogens is 316 g/mol. The Bertz CT molecular complexity index is 744. The summed E-state index contributed by atoms with van der Waals surface area (Å²) in [5.41, 5.74) is 3.00. The third-order valence-corrected chi connectivity index (χ3v) is 4.17. The van der Waals surface area contributed by atoms with E-state index in [4.69, 9.17) is 9.47 Å². The predicted molar refractivity (Wildman–Crippen MR) is 94.5 cm³/mol. The molecule has 0 bridgehead atoms. The predicted octanol–water partition coefficient (Wildman–Crippen LogP) is 4.29. The van der Waals surface area contributed by atoms with Gasteiger partial charge in [0.25, 0.3) is 0 Å². The molecule has 4 heteroatoms. The average Bonchev–Trinajstić information content (AvgIpc) is 3.09. The van der Waals surface area contributed by atoms with Gasteiger partial charge in [0.2, 0.25) is 0 Å². The van der Waals surface area contributed by atoms with Crippen molar-refractivity contribution >= 4 is 11.9 Å². The molecule has 0 radical (unpaired) electrons. The van der Waals surface area contributed by atoms with Gasteiger partial charge in [0, 0.05) is 11.1 Å². The molecule has 0 unspecified atom stereocenters. The zero-order chi connectivity index (χ0) is 17.8. The van der Waals surface area contributed by atoms with Crippen LogP contribution in [-0.4, -0.2) is 11.9 Å². The molecule has 1 aliphatic carbocycles. The van der Waals surface area contributed by atoms with Gasteiger partial charge in [-0.15, -0.1) is 0 Å². The second kappa shape index (κ2) is 7.34. The van der Waals surface area contributed by atoms with Crippen LogP contribution in [0.1, 0.15) is 30.4 Å². The van der Waals surface area contributed by atoms with E-state index in [0.29, 0.717) is 35.5 Å². The van der Waals surface area contributed by atoms with Gasteiger partial charge in [-0.1, -0.05) is 35.4 Å². The molecule has 0 saturated carbocycles. The van der Waals surface area contributed by atoms with E-state index in [-0.39, 0.29) is 0 Å². The summed E-state index contributed by atoms with van der Waals surface area (Å²) < 4.78 is 10.8. The zero-order valence-electron chi connectivity index (χ0n) is 14.4. The van der Waals surface area contributed by atoms with E-state index in [9.17, 15) is 9.59 Å². The Morgan fingerprint density at radius 3 is 1.40 bits per heavy atom. The molecule has 4 nitrogen and oxygen atoms in total. The number of ether oxygens (including phenoxy) is 2. The summed E-state index contributed by atoms with van der Waals surface area (Å²) in [5, 5.41) is 0. The maximum absolute atomic E-state index is 12.4. The lowest BCUT2D eigenvalue weighted by Gasteiger charge is -2.09. The smallest absolute Gasteiger partial charge is 0.339 e. The summed E-state index contributed by atoms with van der Waals surface area (Å²) in [4.78, 5) is 24.8. The van der Waals surface area contributed by atoms with Gasteiger partial charge in [-0.05, 0) is 57.4 Å². The fraction of sp³-hybridized carbons (Fsp3) is 0.238. The summed E-state index contributed by atoms with van der Waals surface area (Å²) in [5.74, 6) is -0.00285. The van der Waals surface area contributed by atoms with Crippen LogP contribution in [-0.2, 0) is 9.59 Å². The van der Waals surface area contributed by atoms with Crippen molar-refractivity contribution in [3.63, 3.8) is 0 Å². The molecule has 0 aromatic heterocycles. The molecule has 0 heterocycles. The van der Waals surface area contributed by atoms with Crippen LogP contribution in [0.25, 0.3) is 0 Å². The number of carbonyl (C=O) groups is 2. The Labute approximate surface area is 147 Å². The van der Waals surface area contributed by atoms with E-state index in [1.165, 1.54) is 0 Å². The number of esters is 2. The van der Waals surface area contributed by atoms with Crippen molar-refractivity contribution < 1.29 is 19.1 Å². The van der Waals surface area contributed by atoms with Crippen molar-refractivity contribution in [3.8, 4) is 11.5 Å². The number of hydrogen-bond acceptors (Lipinski definition) is 4. The minimum atomic E-state index is -0.475. The number of hydrogen-bond donors (Lipinski definition) is 0. The second-order valence-electron chi connectivity index (χ2n) is 6.22. The maximum atomic E-state index is 12.4. The lowest BCUT2D eigenvalue weighted by Crippen LogP contribution is -2.17. The highest BCUT2D eigenvalue weighted by Gasteiger charge is 2.28. The molecule has 1 aliphatic rings. The van der Waals surface area contributed by atoms with E-state index in [2.05, 4.69) is 0 Å². The molecule has 0 atom stereocenters. The van der Waals surface area contributed by atoms with Crippen molar-refractivity contribution in [1.29, 1.82) is 0 Å². The molecule has 0 spiro atoms. The molecule has 25 heavy (non-hydrogen) atoms. The summed E-state index contributed by atoms with van der Waals surface area (Å²) >= 11 is 0. The molecule has 0 amide bonds. The Hall–Kier alpha value is -2.88. The van der Waals surface area contributed by atoms with Crippen molar-refractivity contribution in [1.82, 2.24) is 0 Å². The fourth-order valence-corrected chi connectivity index (χ4v) is 2.74. The molecule has 0 fully saturated rings. The summed E-state index contributed by atoms with van der Waals surface area (Å²) in [6.07, 6.45) is 1.81. The highest BCUT2D eigenvalue weighted by molar-refractivity contribution is 6.02. The number of aryl methyl sites for hydroxylation is 2. The first-order chi connectivity index (χ1) is 12.0. The fourth-order valence-electron chi connectivity index (χ4n) is 2.74. The van der Waals surface area contributed by atoms with Gasteiger partial charge < -0.3 is 9.47 Å². The van der Waals surface area contributed by atoms with Crippen LogP contribution in [0.15, 0.2) is 59.7 Å².